The van der Waals surface area contributed by atoms with Gasteiger partial charge in [0.2, 0.25) is 0 Å². The molecule has 0 aliphatic rings. The summed E-state index contributed by atoms with van der Waals surface area (Å²) >= 11 is 0. The van der Waals surface area contributed by atoms with Crippen LogP contribution in [0.25, 0.3) is 0 Å². The van der Waals surface area contributed by atoms with Crippen LogP contribution >= 0.6 is 0 Å². The van der Waals surface area contributed by atoms with Crippen LogP contribution < -0.4 is 15.8 Å². The number of aryl methyl sites for hydroxylation is 1. The third-order valence-corrected chi connectivity index (χ3v) is 2.80. The lowest BCUT2D eigenvalue weighted by Gasteiger charge is -2.15. The van der Waals surface area contributed by atoms with E-state index in [1.807, 2.05) is 38.1 Å². The van der Waals surface area contributed by atoms with Crippen molar-refractivity contribution in [1.29, 1.82) is 0 Å². The molecule has 19 heavy (non-hydrogen) atoms. The van der Waals surface area contributed by atoms with Crippen LogP contribution in [0.15, 0.2) is 24.3 Å². The van der Waals surface area contributed by atoms with Crippen LogP contribution in [-0.4, -0.2) is 36.9 Å². The van der Waals surface area contributed by atoms with Crippen LogP contribution in [0.5, 0.6) is 5.75 Å². The van der Waals surface area contributed by atoms with Gasteiger partial charge in [0.05, 0.1) is 0 Å². The Morgan fingerprint density at radius 1 is 1.26 bits per heavy atom. The highest BCUT2D eigenvalue weighted by Gasteiger charge is 2.05. The summed E-state index contributed by atoms with van der Waals surface area (Å²) in [5, 5.41) is 12.9. The summed E-state index contributed by atoms with van der Waals surface area (Å²) in [4.78, 5) is 0. The van der Waals surface area contributed by atoms with Gasteiger partial charge in [-0.05, 0) is 37.1 Å². The number of aliphatic hydroxyl groups excluding tert-OH is 1. The fraction of sp³-hybridized carbons (Fsp3) is 0.600. The molecule has 4 nitrogen and oxygen atoms in total. The third kappa shape index (κ3) is 7.15. The molecule has 0 aliphatic carbocycles. The van der Waals surface area contributed by atoms with E-state index in [2.05, 4.69) is 5.32 Å². The van der Waals surface area contributed by atoms with Crippen molar-refractivity contribution in [2.45, 2.75) is 38.8 Å². The molecule has 0 amide bonds. The summed E-state index contributed by atoms with van der Waals surface area (Å²) < 4.78 is 5.54. The molecule has 0 saturated carbocycles. The first-order valence-corrected chi connectivity index (χ1v) is 6.95. The highest BCUT2D eigenvalue weighted by atomic mass is 16.5. The number of ether oxygens (including phenoxy) is 1. The Labute approximate surface area is 116 Å². The lowest BCUT2D eigenvalue weighted by Crippen LogP contribution is -2.35. The van der Waals surface area contributed by atoms with Gasteiger partial charge in [-0.15, -0.1) is 0 Å². The van der Waals surface area contributed by atoms with Gasteiger partial charge >= 0.3 is 0 Å². The van der Waals surface area contributed by atoms with Crippen molar-refractivity contribution in [3.05, 3.63) is 29.8 Å². The van der Waals surface area contributed by atoms with Gasteiger partial charge in [-0.1, -0.05) is 26.0 Å². The van der Waals surface area contributed by atoms with Crippen molar-refractivity contribution in [1.82, 2.24) is 5.32 Å². The van der Waals surface area contributed by atoms with E-state index in [1.165, 1.54) is 5.56 Å². The van der Waals surface area contributed by atoms with E-state index in [9.17, 15) is 5.11 Å². The number of aliphatic hydroxyl groups is 1. The predicted molar refractivity (Wildman–Crippen MR) is 78.5 cm³/mol. The van der Waals surface area contributed by atoms with Crippen molar-refractivity contribution < 1.29 is 9.84 Å². The summed E-state index contributed by atoms with van der Waals surface area (Å²) in [5.74, 6) is 0.792. The molecule has 0 spiro atoms. The Morgan fingerprint density at radius 3 is 2.53 bits per heavy atom. The smallest absolute Gasteiger partial charge is 0.119 e. The molecule has 4 N–H and O–H groups in total. The predicted octanol–water partition coefficient (Wildman–Crippen LogP) is 1.32. The lowest BCUT2D eigenvalue weighted by molar-refractivity contribution is 0.104. The molecule has 0 radical (unpaired) electrons. The van der Waals surface area contributed by atoms with Gasteiger partial charge < -0.3 is 20.9 Å². The van der Waals surface area contributed by atoms with Crippen LogP contribution in [0.4, 0.5) is 0 Å². The minimum Gasteiger partial charge on any atom is -0.491 e. The summed E-state index contributed by atoms with van der Waals surface area (Å²) in [7, 11) is 0. The van der Waals surface area contributed by atoms with E-state index in [0.717, 1.165) is 18.6 Å². The molecule has 0 saturated heterocycles. The molecular weight excluding hydrogens is 240 g/mol. The van der Waals surface area contributed by atoms with Gasteiger partial charge in [0.25, 0.3) is 0 Å². The molecule has 0 aliphatic heterocycles. The molecule has 0 fully saturated rings. The van der Waals surface area contributed by atoms with Crippen LogP contribution in [0.1, 0.15) is 25.8 Å². The fourth-order valence-electron chi connectivity index (χ4n) is 1.68. The first-order chi connectivity index (χ1) is 9.11. The first-order valence-electron chi connectivity index (χ1n) is 6.95. The molecule has 1 aromatic rings. The zero-order valence-electron chi connectivity index (χ0n) is 11.9. The van der Waals surface area contributed by atoms with Crippen molar-refractivity contribution in [3.8, 4) is 5.75 Å². The van der Waals surface area contributed by atoms with Gasteiger partial charge in [0.1, 0.15) is 18.5 Å². The number of hydrogen-bond acceptors (Lipinski definition) is 4. The Kier molecular flexibility index (Phi) is 7.48. The van der Waals surface area contributed by atoms with Crippen molar-refractivity contribution in [2.24, 2.45) is 5.73 Å². The average molecular weight is 266 g/mol. The second-order valence-corrected chi connectivity index (χ2v) is 5.06. The maximum Gasteiger partial charge on any atom is 0.119 e. The molecule has 4 heteroatoms. The van der Waals surface area contributed by atoms with E-state index in [0.29, 0.717) is 25.7 Å². The van der Waals surface area contributed by atoms with Crippen molar-refractivity contribution >= 4 is 0 Å². The maximum atomic E-state index is 9.73. The molecule has 108 valence electrons. The van der Waals surface area contributed by atoms with E-state index in [1.54, 1.807) is 0 Å². The largest absolute Gasteiger partial charge is 0.491 e. The molecule has 0 heterocycles. The van der Waals surface area contributed by atoms with Crippen molar-refractivity contribution in [3.63, 3.8) is 0 Å². The molecule has 1 aromatic carbocycles. The minimum atomic E-state index is -0.487. The zero-order valence-corrected chi connectivity index (χ0v) is 11.9. The Bertz CT molecular complexity index is 339. The Hall–Kier alpha value is -1.10. The molecule has 1 unspecified atom stereocenters. The van der Waals surface area contributed by atoms with Gasteiger partial charge in [0, 0.05) is 12.6 Å². The topological polar surface area (TPSA) is 67.5 Å². The SMILES string of the molecule is CC(C)NCC(O)COc1ccc(CCCN)cc1. The highest BCUT2D eigenvalue weighted by molar-refractivity contribution is 5.27. The summed E-state index contributed by atoms with van der Waals surface area (Å²) in [6.07, 6.45) is 1.51. The number of nitrogens with one attached hydrogen (secondary N) is 1. The van der Waals surface area contributed by atoms with Gasteiger partial charge in [-0.2, -0.15) is 0 Å². The van der Waals surface area contributed by atoms with E-state index in [-0.39, 0.29) is 0 Å². The molecule has 0 aromatic heterocycles. The van der Waals surface area contributed by atoms with E-state index in [4.69, 9.17) is 10.5 Å². The highest BCUT2D eigenvalue weighted by Crippen LogP contribution is 2.13. The Morgan fingerprint density at radius 2 is 1.95 bits per heavy atom. The summed E-state index contributed by atoms with van der Waals surface area (Å²) in [6, 6.07) is 8.34. The second kappa shape index (κ2) is 8.91. The molecule has 0 bridgehead atoms. The van der Waals surface area contributed by atoms with Gasteiger partial charge in [-0.25, -0.2) is 0 Å². The maximum absolute atomic E-state index is 9.73. The number of hydrogen-bond donors (Lipinski definition) is 3. The standard InChI is InChI=1S/C15H26N2O2/c1-12(2)17-10-14(18)11-19-15-7-5-13(6-8-15)4-3-9-16/h5-8,12,14,17-18H,3-4,9-11,16H2,1-2H3. The number of benzene rings is 1. The quantitative estimate of drug-likeness (QED) is 0.630. The van der Waals surface area contributed by atoms with Gasteiger partial charge in [-0.3, -0.25) is 0 Å². The zero-order chi connectivity index (χ0) is 14.1. The summed E-state index contributed by atoms with van der Waals surface area (Å²) in [5.41, 5.74) is 6.74. The van der Waals surface area contributed by atoms with Crippen molar-refractivity contribution in [2.75, 3.05) is 19.7 Å². The van der Waals surface area contributed by atoms with Crippen LogP contribution in [0.2, 0.25) is 0 Å². The lowest BCUT2D eigenvalue weighted by atomic mass is 10.1. The van der Waals surface area contributed by atoms with Crippen LogP contribution in [0, 0.1) is 0 Å². The first kappa shape index (κ1) is 16.0. The molecular formula is C15H26N2O2. The molecule has 1 rings (SSSR count). The Balaban J connectivity index is 2.29. The second-order valence-electron chi connectivity index (χ2n) is 5.06. The third-order valence-electron chi connectivity index (χ3n) is 2.80. The minimum absolute atomic E-state index is 0.307. The van der Waals surface area contributed by atoms with Crippen LogP contribution in [0.3, 0.4) is 0 Å². The van der Waals surface area contributed by atoms with Crippen LogP contribution in [-0.2, 0) is 6.42 Å². The van der Waals surface area contributed by atoms with E-state index < -0.39 is 6.10 Å². The fourth-order valence-corrected chi connectivity index (χ4v) is 1.68. The normalized spacial score (nSPS) is 12.7. The average Bonchev–Trinajstić information content (AvgIpc) is 2.41. The molecule has 1 atom stereocenters. The monoisotopic (exact) mass is 266 g/mol. The number of rotatable bonds is 9. The van der Waals surface area contributed by atoms with Gasteiger partial charge in [0.15, 0.2) is 0 Å². The number of nitrogens with two attached hydrogens (primary N) is 1. The summed E-state index contributed by atoms with van der Waals surface area (Å²) in [6.45, 7) is 5.67. The van der Waals surface area contributed by atoms with E-state index >= 15 is 0 Å².